The van der Waals surface area contributed by atoms with E-state index in [2.05, 4.69) is 12.2 Å². The maximum atomic E-state index is 9.89. The van der Waals surface area contributed by atoms with Gasteiger partial charge in [-0.05, 0) is 38.6 Å². The quantitative estimate of drug-likeness (QED) is 0.624. The van der Waals surface area contributed by atoms with Crippen LogP contribution in [0, 0.1) is 0 Å². The van der Waals surface area contributed by atoms with Crippen molar-refractivity contribution in [2.24, 2.45) is 0 Å². The Balaban J connectivity index is 2.08. The third-order valence-corrected chi connectivity index (χ3v) is 3.36. The second-order valence-corrected chi connectivity index (χ2v) is 4.21. The summed E-state index contributed by atoms with van der Waals surface area (Å²) in [4.78, 5) is 0. The lowest BCUT2D eigenvalue weighted by Gasteiger charge is -2.26. The van der Waals surface area contributed by atoms with Gasteiger partial charge in [0.1, 0.15) is 0 Å². The molecule has 0 atom stereocenters. The molecule has 0 aromatic carbocycles. The van der Waals surface area contributed by atoms with Gasteiger partial charge in [-0.15, -0.1) is 0 Å². The number of hydrogen-bond acceptors (Lipinski definition) is 2. The highest BCUT2D eigenvalue weighted by Gasteiger charge is 2.52. The standard InChI is InChI=1S/C9H17NO/c1-2-10-8-3-5-9(11,7-8)6-4-8/h10-11H,2-7H2,1H3. The minimum Gasteiger partial charge on any atom is -0.390 e. The van der Waals surface area contributed by atoms with Gasteiger partial charge >= 0.3 is 0 Å². The third kappa shape index (κ3) is 1.09. The Labute approximate surface area is 68.0 Å². The minimum atomic E-state index is -0.290. The SMILES string of the molecule is CCNC12CCC(O)(CC1)C2. The molecule has 2 heteroatoms. The predicted octanol–water partition coefficient (Wildman–Crippen LogP) is 1.04. The molecule has 2 N–H and O–H groups in total. The molecule has 0 aromatic rings. The Hall–Kier alpha value is -0.0800. The lowest BCUT2D eigenvalue weighted by molar-refractivity contribution is 0.0521. The Morgan fingerprint density at radius 1 is 1.27 bits per heavy atom. The number of nitrogens with one attached hydrogen (secondary N) is 1. The van der Waals surface area contributed by atoms with Gasteiger partial charge in [0.05, 0.1) is 5.60 Å². The van der Waals surface area contributed by atoms with E-state index < -0.39 is 0 Å². The van der Waals surface area contributed by atoms with Crippen LogP contribution in [0.25, 0.3) is 0 Å². The fourth-order valence-electron chi connectivity index (χ4n) is 2.79. The highest BCUT2D eigenvalue weighted by atomic mass is 16.3. The lowest BCUT2D eigenvalue weighted by atomic mass is 9.93. The Kier molecular flexibility index (Phi) is 1.52. The average molecular weight is 155 g/mol. The van der Waals surface area contributed by atoms with Gasteiger partial charge in [-0.2, -0.15) is 0 Å². The van der Waals surface area contributed by atoms with Gasteiger partial charge in [0.2, 0.25) is 0 Å². The maximum absolute atomic E-state index is 9.89. The number of hydrogen-bond donors (Lipinski definition) is 2. The zero-order valence-electron chi connectivity index (χ0n) is 7.19. The normalized spacial score (nSPS) is 48.5. The molecule has 2 bridgehead atoms. The van der Waals surface area contributed by atoms with Crippen LogP contribution in [-0.4, -0.2) is 22.8 Å². The van der Waals surface area contributed by atoms with Gasteiger partial charge < -0.3 is 10.4 Å². The van der Waals surface area contributed by atoms with Crippen molar-refractivity contribution in [1.29, 1.82) is 0 Å². The molecule has 2 nitrogen and oxygen atoms in total. The zero-order valence-corrected chi connectivity index (χ0v) is 7.19. The van der Waals surface area contributed by atoms with Crippen molar-refractivity contribution in [2.45, 2.75) is 50.2 Å². The molecule has 0 spiro atoms. The van der Waals surface area contributed by atoms with E-state index >= 15 is 0 Å². The van der Waals surface area contributed by atoms with E-state index in [0.717, 1.165) is 25.8 Å². The molecule has 11 heavy (non-hydrogen) atoms. The minimum absolute atomic E-state index is 0.290. The van der Waals surface area contributed by atoms with Gasteiger partial charge in [-0.25, -0.2) is 0 Å². The molecular weight excluding hydrogens is 138 g/mol. The van der Waals surface area contributed by atoms with Crippen molar-refractivity contribution in [3.8, 4) is 0 Å². The van der Waals surface area contributed by atoms with Crippen molar-refractivity contribution >= 4 is 0 Å². The zero-order chi connectivity index (χ0) is 7.95. The topological polar surface area (TPSA) is 32.3 Å². The number of aliphatic hydroxyl groups is 1. The molecule has 0 saturated heterocycles. The van der Waals surface area contributed by atoms with E-state index in [1.165, 1.54) is 12.8 Å². The molecule has 2 fully saturated rings. The van der Waals surface area contributed by atoms with Crippen LogP contribution in [0.3, 0.4) is 0 Å². The third-order valence-electron chi connectivity index (χ3n) is 3.36. The molecule has 2 rings (SSSR count). The van der Waals surface area contributed by atoms with Gasteiger partial charge in [0, 0.05) is 5.54 Å². The number of fused-ring (bicyclic) bond motifs is 2. The summed E-state index contributed by atoms with van der Waals surface area (Å²) < 4.78 is 0. The van der Waals surface area contributed by atoms with Crippen LogP contribution >= 0.6 is 0 Å². The summed E-state index contributed by atoms with van der Waals surface area (Å²) in [6.45, 7) is 3.18. The molecule has 2 saturated carbocycles. The van der Waals surface area contributed by atoms with Crippen LogP contribution in [0.4, 0.5) is 0 Å². The summed E-state index contributed by atoms with van der Waals surface area (Å²) in [6.07, 6.45) is 5.38. The van der Waals surface area contributed by atoms with E-state index in [0.29, 0.717) is 5.54 Å². The largest absolute Gasteiger partial charge is 0.390 e. The molecule has 0 aliphatic heterocycles. The summed E-state index contributed by atoms with van der Waals surface area (Å²) in [5.74, 6) is 0. The first kappa shape index (κ1) is 7.56. The smallest absolute Gasteiger partial charge is 0.0666 e. The van der Waals surface area contributed by atoms with Gasteiger partial charge in [0.15, 0.2) is 0 Å². The molecule has 2 aliphatic carbocycles. The van der Waals surface area contributed by atoms with Crippen LogP contribution in [0.5, 0.6) is 0 Å². The van der Waals surface area contributed by atoms with E-state index in [9.17, 15) is 5.11 Å². The Morgan fingerprint density at radius 3 is 2.27 bits per heavy atom. The second kappa shape index (κ2) is 2.20. The molecule has 0 amide bonds. The molecule has 0 heterocycles. The van der Waals surface area contributed by atoms with Crippen molar-refractivity contribution in [3.05, 3.63) is 0 Å². The summed E-state index contributed by atoms with van der Waals surface area (Å²) >= 11 is 0. The summed E-state index contributed by atoms with van der Waals surface area (Å²) in [6, 6.07) is 0. The Morgan fingerprint density at radius 2 is 1.91 bits per heavy atom. The summed E-state index contributed by atoms with van der Waals surface area (Å²) in [5.41, 5.74) is 0.0334. The van der Waals surface area contributed by atoms with Crippen LogP contribution in [0.1, 0.15) is 39.0 Å². The molecule has 0 aromatic heterocycles. The van der Waals surface area contributed by atoms with E-state index in [4.69, 9.17) is 0 Å². The monoisotopic (exact) mass is 155 g/mol. The second-order valence-electron chi connectivity index (χ2n) is 4.21. The molecule has 2 aliphatic rings. The van der Waals surface area contributed by atoms with Crippen molar-refractivity contribution in [2.75, 3.05) is 6.54 Å². The van der Waals surface area contributed by atoms with Crippen molar-refractivity contribution < 1.29 is 5.11 Å². The van der Waals surface area contributed by atoms with Gasteiger partial charge in [-0.1, -0.05) is 6.92 Å². The van der Waals surface area contributed by atoms with Crippen LogP contribution < -0.4 is 5.32 Å². The predicted molar refractivity (Wildman–Crippen MR) is 44.4 cm³/mol. The molecule has 64 valence electrons. The fraction of sp³-hybridized carbons (Fsp3) is 1.00. The molecular formula is C9H17NO. The van der Waals surface area contributed by atoms with Gasteiger partial charge in [-0.3, -0.25) is 0 Å². The van der Waals surface area contributed by atoms with E-state index in [1.54, 1.807) is 0 Å². The summed E-state index contributed by atoms with van der Waals surface area (Å²) in [7, 11) is 0. The average Bonchev–Trinajstić information content (AvgIpc) is 2.42. The highest BCUT2D eigenvalue weighted by Crippen LogP contribution is 2.50. The van der Waals surface area contributed by atoms with Crippen LogP contribution in [0.15, 0.2) is 0 Å². The van der Waals surface area contributed by atoms with Crippen molar-refractivity contribution in [1.82, 2.24) is 5.32 Å². The lowest BCUT2D eigenvalue weighted by Crippen LogP contribution is -2.40. The highest BCUT2D eigenvalue weighted by molar-refractivity contribution is 5.10. The Bertz CT molecular complexity index is 153. The first-order chi connectivity index (χ1) is 5.18. The molecule has 0 unspecified atom stereocenters. The van der Waals surface area contributed by atoms with Gasteiger partial charge in [0.25, 0.3) is 0 Å². The van der Waals surface area contributed by atoms with E-state index in [1.807, 2.05) is 0 Å². The fourth-order valence-corrected chi connectivity index (χ4v) is 2.79. The molecule has 0 radical (unpaired) electrons. The van der Waals surface area contributed by atoms with Crippen molar-refractivity contribution in [3.63, 3.8) is 0 Å². The summed E-state index contributed by atoms with van der Waals surface area (Å²) in [5, 5.41) is 13.4. The van der Waals surface area contributed by atoms with E-state index in [-0.39, 0.29) is 5.60 Å². The first-order valence-electron chi connectivity index (χ1n) is 4.66. The van der Waals surface area contributed by atoms with Crippen LogP contribution in [-0.2, 0) is 0 Å². The van der Waals surface area contributed by atoms with Crippen LogP contribution in [0.2, 0.25) is 0 Å². The maximum Gasteiger partial charge on any atom is 0.0666 e. The number of rotatable bonds is 2. The first-order valence-corrected chi connectivity index (χ1v) is 4.66.